The van der Waals surface area contributed by atoms with Crippen molar-refractivity contribution in [3.8, 4) is 0 Å². The molecule has 115 heavy (non-hydrogen) atoms. The van der Waals surface area contributed by atoms with Crippen molar-refractivity contribution >= 4 is 102 Å². The van der Waals surface area contributed by atoms with Gasteiger partial charge >= 0.3 is 5.97 Å². The number of benzene rings is 5. The zero-order valence-corrected chi connectivity index (χ0v) is 68.5. The number of aliphatic carboxylic acids is 1. The first-order valence-corrected chi connectivity index (χ1v) is 43.2. The van der Waals surface area contributed by atoms with Crippen molar-refractivity contribution in [1.82, 2.24) is 49.8 Å². The van der Waals surface area contributed by atoms with E-state index >= 15 is 19.2 Å². The molecule has 34 nitrogen and oxygen atoms in total. The second-order valence-electron chi connectivity index (χ2n) is 27.3. The molecule has 0 fully saturated rings. The van der Waals surface area contributed by atoms with Crippen molar-refractivity contribution in [2.45, 2.75) is 105 Å². The summed E-state index contributed by atoms with van der Waals surface area (Å²) in [6, 6.07) is 33.9. The van der Waals surface area contributed by atoms with Crippen LogP contribution in [0.5, 0.6) is 0 Å². The number of carbonyl (C=O) groups is 10. The predicted octanol–water partition coefficient (Wildman–Crippen LogP) is -0.540. The molecule has 0 spiro atoms. The molecule has 0 saturated carbocycles. The number of hydrogen-bond donors (Lipinski definition) is 10. The van der Waals surface area contributed by atoms with Gasteiger partial charge in [0, 0.05) is 52.4 Å². The molecule has 5 aromatic carbocycles. The van der Waals surface area contributed by atoms with E-state index in [1.165, 1.54) is 85.2 Å². The van der Waals surface area contributed by atoms with Gasteiger partial charge in [0.25, 0.3) is 0 Å². The lowest BCUT2D eigenvalue weighted by Gasteiger charge is -2.33. The van der Waals surface area contributed by atoms with Crippen LogP contribution in [0.25, 0.3) is 0 Å². The molecule has 0 aliphatic rings. The standard InChI is InChI=1S/C77H112N16O18S4/c1-2-111-58-93(57-75(101)91(47-35-63-23-29-66(30-24-63)115(83,109)110)54-70(96)86(41-12-9-37-78)50-68(94)85-67(36-48-112)77(103)104)76(102)56-92(46-33-60-17-7-4-8-18-60)74(100)55-90(45-32-59-15-5-3-6-16-59)73(99)52-88(43-14-11-39-80)71(97)51-87(42-13-10-38-79)72(98)53-89(44-34-62-21-27-65(28-22-62)114(82,107)108)69(95)49-84-40-31-61-19-25-64(26-20-61)113(81,105)106/h3-8,15-30,67,84,112H,2,9-14,31-58,78-80H2,1H3,(H,85,94)(H,103,104)(H2,81,105,106)(H2,82,107,108)(H2,83,109,110). The van der Waals surface area contributed by atoms with Crippen LogP contribution in [-0.4, -0.2) is 285 Å². The molecular formula is C77H112N16O18S4. The molecule has 5 aromatic rings. The molecule has 0 saturated heterocycles. The molecule has 0 bridgehead atoms. The third kappa shape index (κ3) is 35.8. The van der Waals surface area contributed by atoms with Crippen molar-refractivity contribution in [3.63, 3.8) is 0 Å². The van der Waals surface area contributed by atoms with E-state index in [1.807, 2.05) is 30.3 Å². The molecule has 632 valence electrons. The molecular weight excluding hydrogens is 1570 g/mol. The van der Waals surface area contributed by atoms with Gasteiger partial charge in [-0.15, -0.1) is 0 Å². The van der Waals surface area contributed by atoms with E-state index in [9.17, 15) is 59.1 Å². The van der Waals surface area contributed by atoms with Gasteiger partial charge in [-0.3, -0.25) is 43.2 Å². The number of sulfonamides is 3. The highest BCUT2D eigenvalue weighted by Gasteiger charge is 2.33. The molecule has 0 heterocycles. The minimum absolute atomic E-state index is 0.00406. The minimum Gasteiger partial charge on any atom is -0.480 e. The van der Waals surface area contributed by atoms with Crippen molar-refractivity contribution in [1.29, 1.82) is 0 Å². The zero-order chi connectivity index (χ0) is 84.5. The van der Waals surface area contributed by atoms with Gasteiger partial charge in [0.2, 0.25) is 83.2 Å². The summed E-state index contributed by atoms with van der Waals surface area (Å²) in [5.41, 5.74) is 21.1. The number of rotatable bonds is 55. The third-order valence-corrected chi connectivity index (χ3v) is 21.6. The Labute approximate surface area is 679 Å². The van der Waals surface area contributed by atoms with Crippen molar-refractivity contribution < 1.29 is 83.0 Å². The van der Waals surface area contributed by atoms with Crippen LogP contribution >= 0.6 is 12.6 Å². The molecule has 0 aliphatic carbocycles. The number of nitrogens with one attached hydrogen (secondary N) is 2. The summed E-state index contributed by atoms with van der Waals surface area (Å²) >= 11 is 4.11. The highest BCUT2D eigenvalue weighted by molar-refractivity contribution is 7.89. The van der Waals surface area contributed by atoms with Crippen LogP contribution in [0, 0.1) is 0 Å². The van der Waals surface area contributed by atoms with Gasteiger partial charge in [0.1, 0.15) is 19.3 Å². The topological polar surface area (TPSA) is 509 Å². The Morgan fingerprint density at radius 2 is 0.678 bits per heavy atom. The summed E-state index contributed by atoms with van der Waals surface area (Å²) in [5.74, 6) is -7.52. The fraction of sp³-hybridized carbons (Fsp3) is 0.481. The molecule has 1 atom stereocenters. The maximum Gasteiger partial charge on any atom is 0.326 e. The monoisotopic (exact) mass is 1680 g/mol. The maximum absolute atomic E-state index is 15.3. The van der Waals surface area contributed by atoms with Crippen molar-refractivity contribution in [3.05, 3.63) is 161 Å². The fourth-order valence-corrected chi connectivity index (χ4v) is 13.7. The average molecular weight is 1680 g/mol. The Bertz CT molecular complexity index is 4300. The number of thiol groups is 1. The second-order valence-corrected chi connectivity index (χ2v) is 32.5. The molecule has 0 aliphatic heterocycles. The molecule has 9 amide bonds. The number of ether oxygens (including phenoxy) is 1. The average Bonchev–Trinajstić information content (AvgIpc) is 0.860. The summed E-state index contributed by atoms with van der Waals surface area (Å²) in [4.78, 5) is 154. The van der Waals surface area contributed by atoms with Crippen LogP contribution in [0.2, 0.25) is 0 Å². The van der Waals surface area contributed by atoms with E-state index in [2.05, 4.69) is 23.3 Å². The lowest BCUT2D eigenvalue weighted by molar-refractivity contribution is -0.151. The number of unbranched alkanes of at least 4 members (excludes halogenated alkanes) is 3. The van der Waals surface area contributed by atoms with E-state index in [0.717, 1.165) is 31.4 Å². The zero-order valence-electron chi connectivity index (χ0n) is 65.1. The Hall–Kier alpha value is -9.32. The smallest absolute Gasteiger partial charge is 0.326 e. The third-order valence-electron chi connectivity index (χ3n) is 18.6. The van der Waals surface area contributed by atoms with Gasteiger partial charge in [0.05, 0.1) is 67.0 Å². The van der Waals surface area contributed by atoms with Crippen LogP contribution < -0.4 is 43.3 Å². The number of nitrogens with two attached hydrogens (primary N) is 6. The van der Waals surface area contributed by atoms with Gasteiger partial charge in [0.15, 0.2) is 0 Å². The summed E-state index contributed by atoms with van der Waals surface area (Å²) in [6.45, 7) is -3.55. The molecule has 1 unspecified atom stereocenters. The maximum atomic E-state index is 15.3. The van der Waals surface area contributed by atoms with E-state index in [4.69, 9.17) is 37.4 Å². The number of carboxylic acid groups (broad SMARTS) is 1. The first-order chi connectivity index (χ1) is 54.8. The van der Waals surface area contributed by atoms with Crippen LogP contribution in [0.4, 0.5) is 0 Å². The summed E-state index contributed by atoms with van der Waals surface area (Å²) in [5, 5.41) is 31.2. The van der Waals surface area contributed by atoms with E-state index in [-0.39, 0.29) is 138 Å². The molecule has 0 radical (unpaired) electrons. The lowest BCUT2D eigenvalue weighted by atomic mass is 10.1. The second kappa shape index (κ2) is 50.2. The number of amides is 9. The van der Waals surface area contributed by atoms with Gasteiger partial charge < -0.3 is 76.9 Å². The minimum atomic E-state index is -4.09. The Balaban J connectivity index is 1.46. The highest BCUT2D eigenvalue weighted by Crippen LogP contribution is 2.17. The first kappa shape index (κ1) is 96.3. The largest absolute Gasteiger partial charge is 0.480 e. The molecule has 38 heteroatoms. The van der Waals surface area contributed by atoms with Gasteiger partial charge in [-0.1, -0.05) is 97.1 Å². The highest BCUT2D eigenvalue weighted by atomic mass is 32.2. The van der Waals surface area contributed by atoms with Crippen LogP contribution in [0.1, 0.15) is 79.7 Å². The fourth-order valence-electron chi connectivity index (χ4n) is 11.9. The van der Waals surface area contributed by atoms with Crippen LogP contribution in [-0.2, 0) is 115 Å². The SMILES string of the molecule is CCOCN(CC(=O)N(CCc1ccc(S(N)(=O)=O)cc1)CC(=O)N(CCCCN)CC(=O)NC(CCS)C(=O)O)C(=O)CN(CCc1ccccc1)C(=O)CN(CCc1ccccc1)C(=O)CN(CCCCN)C(=O)CN(CCCCN)C(=O)CN(CCc1ccc(S(N)(=O)=O)cc1)C(=O)CNCCc1ccc(S(N)(=O)=O)cc1. The predicted molar refractivity (Wildman–Crippen MR) is 435 cm³/mol. The van der Waals surface area contributed by atoms with E-state index in [1.54, 1.807) is 49.4 Å². The molecule has 0 aromatic heterocycles. The summed E-state index contributed by atoms with van der Waals surface area (Å²) in [6.07, 6.45) is 3.23. The van der Waals surface area contributed by atoms with Crippen molar-refractivity contribution in [2.75, 3.05) is 150 Å². The lowest BCUT2D eigenvalue weighted by Crippen LogP contribution is -2.53. The summed E-state index contributed by atoms with van der Waals surface area (Å²) in [7, 11) is -12.1. The van der Waals surface area contributed by atoms with E-state index < -0.39 is 154 Å². The quantitative estimate of drug-likeness (QED) is 0.0133. The van der Waals surface area contributed by atoms with Crippen LogP contribution in [0.3, 0.4) is 0 Å². The molecule has 15 N–H and O–H groups in total. The summed E-state index contributed by atoms with van der Waals surface area (Å²) < 4.78 is 78.0. The normalized spacial score (nSPS) is 11.8. The number of carbonyl (C=O) groups excluding carboxylic acids is 9. The number of carboxylic acids is 1. The van der Waals surface area contributed by atoms with Gasteiger partial charge in [-0.05, 0) is 180 Å². The van der Waals surface area contributed by atoms with E-state index in [0.29, 0.717) is 56.1 Å². The number of primary sulfonamides is 3. The van der Waals surface area contributed by atoms with Gasteiger partial charge in [-0.2, -0.15) is 12.6 Å². The Kier molecular flexibility index (Phi) is 42.0. The van der Waals surface area contributed by atoms with Crippen molar-refractivity contribution in [2.24, 2.45) is 32.6 Å². The number of nitrogens with zero attached hydrogens (tertiary/aromatic N) is 8. The van der Waals surface area contributed by atoms with Gasteiger partial charge in [-0.25, -0.2) is 45.5 Å². The molecule has 5 rings (SSSR count). The number of hydrogen-bond acceptors (Lipinski definition) is 22. The Morgan fingerprint density at radius 1 is 0.391 bits per heavy atom. The first-order valence-electron chi connectivity index (χ1n) is 37.9. The Morgan fingerprint density at radius 3 is 0.983 bits per heavy atom. The van der Waals surface area contributed by atoms with Crippen LogP contribution in [0.15, 0.2) is 148 Å².